The van der Waals surface area contributed by atoms with Crippen LogP contribution in [0.5, 0.6) is 0 Å². The fourth-order valence-electron chi connectivity index (χ4n) is 1.91. The second-order valence-electron chi connectivity index (χ2n) is 4.42. The average molecular weight is 284 g/mol. The van der Waals surface area contributed by atoms with Crippen LogP contribution in [0.2, 0.25) is 5.02 Å². The van der Waals surface area contributed by atoms with Gasteiger partial charge in [-0.1, -0.05) is 25.4 Å². The number of hydrogen-bond donors (Lipinski definition) is 2. The van der Waals surface area contributed by atoms with E-state index < -0.39 is 0 Å². The maximum absolute atomic E-state index is 12.0. The Bertz CT molecular complexity index is 423. The van der Waals surface area contributed by atoms with Crippen LogP contribution < -0.4 is 11.1 Å². The molecule has 0 aliphatic heterocycles. The highest BCUT2D eigenvalue weighted by Gasteiger charge is 2.09. The molecule has 0 fully saturated rings. The van der Waals surface area contributed by atoms with Gasteiger partial charge in [0, 0.05) is 23.8 Å². The molecule has 106 valence electrons. The van der Waals surface area contributed by atoms with Crippen LogP contribution in [-0.2, 0) is 0 Å². The number of nitrogens with two attached hydrogens (primary N) is 1. The van der Waals surface area contributed by atoms with Crippen molar-refractivity contribution in [2.75, 3.05) is 31.9 Å². The number of halogens is 1. The quantitative estimate of drug-likeness (QED) is 0.756. The van der Waals surface area contributed by atoms with Crippen LogP contribution >= 0.6 is 11.6 Å². The van der Waals surface area contributed by atoms with Gasteiger partial charge in [-0.05, 0) is 37.7 Å². The van der Waals surface area contributed by atoms with Crippen LogP contribution in [-0.4, -0.2) is 37.0 Å². The summed E-state index contributed by atoms with van der Waals surface area (Å²) in [6, 6.07) is 4.91. The van der Waals surface area contributed by atoms with Crippen molar-refractivity contribution in [1.82, 2.24) is 10.2 Å². The molecular formula is C14H22ClN3O. The van der Waals surface area contributed by atoms with E-state index in [4.69, 9.17) is 17.3 Å². The van der Waals surface area contributed by atoms with Crippen LogP contribution in [0, 0.1) is 0 Å². The van der Waals surface area contributed by atoms with Crippen LogP contribution in [0.15, 0.2) is 18.2 Å². The highest BCUT2D eigenvalue weighted by Crippen LogP contribution is 2.17. The molecule has 0 atom stereocenters. The zero-order chi connectivity index (χ0) is 14.3. The molecule has 5 heteroatoms. The number of amides is 1. The molecule has 0 heterocycles. The van der Waals surface area contributed by atoms with Crippen molar-refractivity contribution in [2.24, 2.45) is 0 Å². The van der Waals surface area contributed by atoms with E-state index in [0.29, 0.717) is 22.8 Å². The Kier molecular flexibility index (Phi) is 6.67. The van der Waals surface area contributed by atoms with Gasteiger partial charge in [-0.15, -0.1) is 0 Å². The van der Waals surface area contributed by atoms with Crippen molar-refractivity contribution in [3.63, 3.8) is 0 Å². The van der Waals surface area contributed by atoms with E-state index in [1.807, 2.05) is 0 Å². The summed E-state index contributed by atoms with van der Waals surface area (Å²) in [5, 5.41) is 3.42. The molecule has 0 spiro atoms. The van der Waals surface area contributed by atoms with E-state index in [0.717, 1.165) is 26.1 Å². The third-order valence-corrected chi connectivity index (χ3v) is 3.19. The smallest absolute Gasteiger partial charge is 0.253 e. The van der Waals surface area contributed by atoms with Gasteiger partial charge in [0.15, 0.2) is 0 Å². The maximum Gasteiger partial charge on any atom is 0.253 e. The van der Waals surface area contributed by atoms with Gasteiger partial charge in [-0.2, -0.15) is 0 Å². The van der Waals surface area contributed by atoms with Crippen molar-refractivity contribution in [1.29, 1.82) is 0 Å². The number of nitrogens with one attached hydrogen (secondary N) is 1. The van der Waals surface area contributed by atoms with Gasteiger partial charge in [-0.3, -0.25) is 4.79 Å². The molecule has 1 rings (SSSR count). The first-order chi connectivity index (χ1) is 9.08. The minimum atomic E-state index is -0.151. The van der Waals surface area contributed by atoms with Crippen molar-refractivity contribution >= 4 is 23.2 Å². The first-order valence-corrected chi connectivity index (χ1v) is 7.01. The molecule has 0 saturated carbocycles. The first-order valence-electron chi connectivity index (χ1n) is 6.64. The van der Waals surface area contributed by atoms with E-state index in [1.165, 1.54) is 0 Å². The monoisotopic (exact) mass is 283 g/mol. The van der Waals surface area contributed by atoms with Crippen molar-refractivity contribution in [2.45, 2.75) is 20.3 Å². The summed E-state index contributed by atoms with van der Waals surface area (Å²) in [6.45, 7) is 7.78. The summed E-state index contributed by atoms with van der Waals surface area (Å²) in [5.74, 6) is -0.151. The summed E-state index contributed by atoms with van der Waals surface area (Å²) >= 11 is 5.80. The van der Waals surface area contributed by atoms with Crippen LogP contribution in [0.3, 0.4) is 0 Å². The van der Waals surface area contributed by atoms with Gasteiger partial charge in [0.2, 0.25) is 0 Å². The molecule has 0 aromatic heterocycles. The summed E-state index contributed by atoms with van der Waals surface area (Å²) < 4.78 is 0. The molecule has 19 heavy (non-hydrogen) atoms. The normalized spacial score (nSPS) is 10.7. The Morgan fingerprint density at radius 1 is 1.37 bits per heavy atom. The number of likely N-dealkylation sites (N-methyl/N-ethyl adjacent to an activating group) is 1. The lowest BCUT2D eigenvalue weighted by molar-refractivity contribution is 0.0949. The first kappa shape index (κ1) is 15.8. The number of benzene rings is 1. The van der Waals surface area contributed by atoms with Crippen LogP contribution in [0.25, 0.3) is 0 Å². The van der Waals surface area contributed by atoms with Gasteiger partial charge in [0.25, 0.3) is 5.91 Å². The second-order valence-corrected chi connectivity index (χ2v) is 4.86. The topological polar surface area (TPSA) is 58.4 Å². The molecule has 3 N–H and O–H groups in total. The molecule has 4 nitrogen and oxygen atoms in total. The highest BCUT2D eigenvalue weighted by molar-refractivity contribution is 6.31. The van der Waals surface area contributed by atoms with E-state index >= 15 is 0 Å². The molecule has 0 radical (unpaired) electrons. The summed E-state index contributed by atoms with van der Waals surface area (Å²) in [4.78, 5) is 14.2. The van der Waals surface area contributed by atoms with Gasteiger partial charge in [0.05, 0.1) is 5.56 Å². The largest absolute Gasteiger partial charge is 0.398 e. The molecule has 0 aliphatic rings. The number of nitrogens with zero attached hydrogens (tertiary/aromatic N) is 1. The average Bonchev–Trinajstić information content (AvgIpc) is 2.37. The SMILES string of the molecule is CCCN(CC)CCNC(=O)c1ccc(Cl)cc1N. The van der Waals surface area contributed by atoms with Crippen LogP contribution in [0.4, 0.5) is 5.69 Å². The lowest BCUT2D eigenvalue weighted by Crippen LogP contribution is -2.35. The van der Waals surface area contributed by atoms with Crippen LogP contribution in [0.1, 0.15) is 30.6 Å². The maximum atomic E-state index is 12.0. The van der Waals surface area contributed by atoms with Crippen molar-refractivity contribution < 1.29 is 4.79 Å². The van der Waals surface area contributed by atoms with E-state index in [-0.39, 0.29) is 5.91 Å². The lowest BCUT2D eigenvalue weighted by Gasteiger charge is -2.19. The number of anilines is 1. The minimum absolute atomic E-state index is 0.151. The third kappa shape index (κ3) is 5.09. The zero-order valence-electron chi connectivity index (χ0n) is 11.6. The number of carbonyl (C=O) groups is 1. The second kappa shape index (κ2) is 8.02. The molecule has 0 aliphatic carbocycles. The van der Waals surface area contributed by atoms with Gasteiger partial charge < -0.3 is 16.0 Å². The Morgan fingerprint density at radius 2 is 2.11 bits per heavy atom. The van der Waals surface area contributed by atoms with Gasteiger partial charge in [0.1, 0.15) is 0 Å². The summed E-state index contributed by atoms with van der Waals surface area (Å²) in [6.07, 6.45) is 1.12. The molecule has 1 aromatic rings. The molecule has 1 aromatic carbocycles. The summed E-state index contributed by atoms with van der Waals surface area (Å²) in [7, 11) is 0. The lowest BCUT2D eigenvalue weighted by atomic mass is 10.1. The minimum Gasteiger partial charge on any atom is -0.398 e. The Balaban J connectivity index is 2.47. The fourth-order valence-corrected chi connectivity index (χ4v) is 2.09. The number of carbonyl (C=O) groups excluding carboxylic acids is 1. The third-order valence-electron chi connectivity index (χ3n) is 2.96. The molecule has 0 saturated heterocycles. The predicted molar refractivity (Wildman–Crippen MR) is 80.6 cm³/mol. The van der Waals surface area contributed by atoms with Gasteiger partial charge >= 0.3 is 0 Å². The number of hydrogen-bond acceptors (Lipinski definition) is 3. The molecule has 0 bridgehead atoms. The molecule has 0 unspecified atom stereocenters. The Labute approximate surface area is 119 Å². The Morgan fingerprint density at radius 3 is 2.68 bits per heavy atom. The van der Waals surface area contributed by atoms with Crippen molar-refractivity contribution in [3.8, 4) is 0 Å². The van der Waals surface area contributed by atoms with E-state index in [9.17, 15) is 4.79 Å². The molecular weight excluding hydrogens is 262 g/mol. The highest BCUT2D eigenvalue weighted by atomic mass is 35.5. The predicted octanol–water partition coefficient (Wildman–Crippen LogP) is 2.38. The standard InChI is InChI=1S/C14H22ClN3O/c1-3-8-18(4-2)9-7-17-14(19)12-6-5-11(15)10-13(12)16/h5-6,10H,3-4,7-9,16H2,1-2H3,(H,17,19). The number of nitrogen functional groups attached to an aromatic ring is 1. The molecule has 1 amide bonds. The van der Waals surface area contributed by atoms with Gasteiger partial charge in [-0.25, -0.2) is 0 Å². The van der Waals surface area contributed by atoms with E-state index in [1.54, 1.807) is 18.2 Å². The van der Waals surface area contributed by atoms with Crippen molar-refractivity contribution in [3.05, 3.63) is 28.8 Å². The summed E-state index contributed by atoms with van der Waals surface area (Å²) in [5.41, 5.74) is 6.66. The Hall–Kier alpha value is -1.26. The fraction of sp³-hybridized carbons (Fsp3) is 0.500. The number of rotatable bonds is 7. The van der Waals surface area contributed by atoms with E-state index in [2.05, 4.69) is 24.1 Å². The zero-order valence-corrected chi connectivity index (χ0v) is 12.3.